The third-order valence-electron chi connectivity index (χ3n) is 3.19. The van der Waals surface area contributed by atoms with Gasteiger partial charge in [-0.2, -0.15) is 4.72 Å². The SMILES string of the molecule is Cc1ccc(S(=O)(=O)N[C@H](C)C(=O)Nc2ccccc2Br)cc1. The number of carbonyl (C=O) groups excluding carboxylic acids is 1. The first-order valence-electron chi connectivity index (χ1n) is 6.94. The monoisotopic (exact) mass is 396 g/mol. The first-order chi connectivity index (χ1) is 10.8. The molecule has 0 aromatic heterocycles. The van der Waals surface area contributed by atoms with Gasteiger partial charge in [0.05, 0.1) is 16.6 Å². The van der Waals surface area contributed by atoms with E-state index in [1.807, 2.05) is 13.0 Å². The molecule has 2 N–H and O–H groups in total. The highest BCUT2D eigenvalue weighted by atomic mass is 79.9. The van der Waals surface area contributed by atoms with Crippen molar-refractivity contribution < 1.29 is 13.2 Å². The average Bonchev–Trinajstić information content (AvgIpc) is 2.49. The Morgan fingerprint density at radius 2 is 1.70 bits per heavy atom. The van der Waals surface area contributed by atoms with Crippen LogP contribution in [0.2, 0.25) is 0 Å². The Hall–Kier alpha value is -1.70. The van der Waals surface area contributed by atoms with Gasteiger partial charge in [0.2, 0.25) is 15.9 Å². The lowest BCUT2D eigenvalue weighted by atomic mass is 10.2. The summed E-state index contributed by atoms with van der Waals surface area (Å²) in [4.78, 5) is 12.3. The molecule has 0 unspecified atom stereocenters. The zero-order valence-electron chi connectivity index (χ0n) is 12.7. The molecule has 2 rings (SSSR count). The highest BCUT2D eigenvalue weighted by Gasteiger charge is 2.22. The maximum absolute atomic E-state index is 12.3. The number of hydrogen-bond donors (Lipinski definition) is 2. The number of para-hydroxylation sites is 1. The number of anilines is 1. The van der Waals surface area contributed by atoms with Crippen molar-refractivity contribution in [3.8, 4) is 0 Å². The molecule has 122 valence electrons. The summed E-state index contributed by atoms with van der Waals surface area (Å²) in [6, 6.07) is 12.6. The number of aryl methyl sites for hydroxylation is 1. The van der Waals surface area contributed by atoms with E-state index in [0.717, 1.165) is 10.0 Å². The van der Waals surface area contributed by atoms with Crippen molar-refractivity contribution in [2.75, 3.05) is 5.32 Å². The first kappa shape index (κ1) is 17.7. The molecular weight excluding hydrogens is 380 g/mol. The molecule has 23 heavy (non-hydrogen) atoms. The molecule has 1 atom stereocenters. The molecule has 0 spiro atoms. The lowest BCUT2D eigenvalue weighted by molar-refractivity contribution is -0.117. The number of carbonyl (C=O) groups is 1. The van der Waals surface area contributed by atoms with Gasteiger partial charge in [-0.05, 0) is 54.0 Å². The molecule has 0 fully saturated rings. The summed E-state index contributed by atoms with van der Waals surface area (Å²) >= 11 is 3.33. The van der Waals surface area contributed by atoms with E-state index in [9.17, 15) is 13.2 Å². The first-order valence-corrected chi connectivity index (χ1v) is 9.21. The minimum absolute atomic E-state index is 0.128. The number of benzene rings is 2. The molecule has 2 aromatic carbocycles. The molecule has 2 aromatic rings. The van der Waals surface area contributed by atoms with Crippen LogP contribution in [-0.2, 0) is 14.8 Å². The number of sulfonamides is 1. The van der Waals surface area contributed by atoms with Crippen LogP contribution in [0.3, 0.4) is 0 Å². The van der Waals surface area contributed by atoms with E-state index in [1.54, 1.807) is 30.3 Å². The maximum atomic E-state index is 12.3. The van der Waals surface area contributed by atoms with Crippen LogP contribution in [0, 0.1) is 6.92 Å². The van der Waals surface area contributed by atoms with Gasteiger partial charge in [-0.1, -0.05) is 29.8 Å². The highest BCUT2D eigenvalue weighted by Crippen LogP contribution is 2.21. The summed E-state index contributed by atoms with van der Waals surface area (Å²) in [5, 5.41) is 2.68. The summed E-state index contributed by atoms with van der Waals surface area (Å²) in [6.45, 7) is 3.37. The quantitative estimate of drug-likeness (QED) is 0.815. The van der Waals surface area contributed by atoms with Crippen LogP contribution in [0.5, 0.6) is 0 Å². The van der Waals surface area contributed by atoms with Gasteiger partial charge >= 0.3 is 0 Å². The summed E-state index contributed by atoms with van der Waals surface area (Å²) in [5.41, 5.74) is 1.54. The van der Waals surface area contributed by atoms with Crippen LogP contribution in [-0.4, -0.2) is 20.4 Å². The van der Waals surface area contributed by atoms with Crippen molar-refractivity contribution in [2.24, 2.45) is 0 Å². The Morgan fingerprint density at radius 3 is 2.30 bits per heavy atom. The minimum atomic E-state index is -3.75. The molecular formula is C16H17BrN2O3S. The van der Waals surface area contributed by atoms with E-state index >= 15 is 0 Å². The summed E-state index contributed by atoms with van der Waals surface area (Å²) in [7, 11) is -3.75. The van der Waals surface area contributed by atoms with Crippen molar-refractivity contribution in [2.45, 2.75) is 24.8 Å². The van der Waals surface area contributed by atoms with Gasteiger partial charge in [0.15, 0.2) is 0 Å². The van der Waals surface area contributed by atoms with E-state index in [2.05, 4.69) is 26.0 Å². The van der Waals surface area contributed by atoms with Crippen molar-refractivity contribution in [1.82, 2.24) is 4.72 Å². The standard InChI is InChI=1S/C16H17BrN2O3S/c1-11-7-9-13(10-8-11)23(21,22)19-12(2)16(20)18-15-6-4-3-5-14(15)17/h3-10,12,19H,1-2H3,(H,18,20)/t12-/m1/s1. The Morgan fingerprint density at radius 1 is 1.09 bits per heavy atom. The van der Waals surface area contributed by atoms with Crippen molar-refractivity contribution in [3.05, 3.63) is 58.6 Å². The number of halogens is 1. The molecule has 0 saturated heterocycles. The van der Waals surface area contributed by atoms with Gasteiger partial charge < -0.3 is 5.32 Å². The molecule has 0 bridgehead atoms. The van der Waals surface area contributed by atoms with Gasteiger partial charge in [-0.3, -0.25) is 4.79 Å². The zero-order valence-corrected chi connectivity index (χ0v) is 15.1. The zero-order chi connectivity index (χ0) is 17.0. The van der Waals surface area contributed by atoms with Crippen LogP contribution in [0.4, 0.5) is 5.69 Å². The molecule has 0 aliphatic rings. The van der Waals surface area contributed by atoms with E-state index in [0.29, 0.717) is 5.69 Å². The molecule has 0 radical (unpaired) electrons. The number of hydrogen-bond acceptors (Lipinski definition) is 3. The molecule has 5 nitrogen and oxygen atoms in total. The molecule has 0 heterocycles. The van der Waals surface area contributed by atoms with E-state index in [4.69, 9.17) is 0 Å². The number of amides is 1. The topological polar surface area (TPSA) is 75.3 Å². The van der Waals surface area contributed by atoms with Crippen LogP contribution >= 0.6 is 15.9 Å². The second-order valence-corrected chi connectivity index (χ2v) is 7.69. The molecule has 7 heteroatoms. The molecule has 0 aliphatic heterocycles. The molecule has 1 amide bonds. The van der Waals surface area contributed by atoms with Crippen molar-refractivity contribution >= 4 is 37.5 Å². The number of nitrogens with one attached hydrogen (secondary N) is 2. The summed E-state index contributed by atoms with van der Waals surface area (Å²) in [5.74, 6) is -0.437. The lowest BCUT2D eigenvalue weighted by Gasteiger charge is -2.15. The second-order valence-electron chi connectivity index (χ2n) is 5.13. The van der Waals surface area contributed by atoms with Crippen LogP contribution in [0.1, 0.15) is 12.5 Å². The summed E-state index contributed by atoms with van der Waals surface area (Å²) in [6.07, 6.45) is 0. The van der Waals surface area contributed by atoms with E-state index < -0.39 is 22.0 Å². The van der Waals surface area contributed by atoms with Crippen LogP contribution in [0.25, 0.3) is 0 Å². The van der Waals surface area contributed by atoms with E-state index in [1.165, 1.54) is 19.1 Å². The molecule has 0 aliphatic carbocycles. The van der Waals surface area contributed by atoms with Crippen LogP contribution in [0.15, 0.2) is 57.9 Å². The van der Waals surface area contributed by atoms with Gasteiger partial charge in [0.1, 0.15) is 0 Å². The smallest absolute Gasteiger partial charge is 0.242 e. The predicted molar refractivity (Wildman–Crippen MR) is 93.7 cm³/mol. The third-order valence-corrected chi connectivity index (χ3v) is 5.44. The minimum Gasteiger partial charge on any atom is -0.324 e. The fourth-order valence-corrected chi connectivity index (χ4v) is 3.46. The predicted octanol–water partition coefficient (Wildman–Crippen LogP) is 3.06. The highest BCUT2D eigenvalue weighted by molar-refractivity contribution is 9.10. The van der Waals surface area contributed by atoms with Gasteiger partial charge in [0.25, 0.3) is 0 Å². The maximum Gasteiger partial charge on any atom is 0.242 e. The Bertz CT molecular complexity index is 804. The van der Waals surface area contributed by atoms with Gasteiger partial charge in [-0.15, -0.1) is 0 Å². The van der Waals surface area contributed by atoms with Gasteiger partial charge in [-0.25, -0.2) is 8.42 Å². The fraction of sp³-hybridized carbons (Fsp3) is 0.188. The Labute approximate surface area is 144 Å². The van der Waals surface area contributed by atoms with Crippen molar-refractivity contribution in [1.29, 1.82) is 0 Å². The summed E-state index contributed by atoms with van der Waals surface area (Å²) < 4.78 is 27.7. The largest absolute Gasteiger partial charge is 0.324 e. The Balaban J connectivity index is 2.08. The number of rotatable bonds is 5. The van der Waals surface area contributed by atoms with Crippen molar-refractivity contribution in [3.63, 3.8) is 0 Å². The van der Waals surface area contributed by atoms with Crippen LogP contribution < -0.4 is 10.0 Å². The van der Waals surface area contributed by atoms with Gasteiger partial charge in [0, 0.05) is 4.47 Å². The Kier molecular flexibility index (Phi) is 5.56. The normalized spacial score (nSPS) is 12.7. The lowest BCUT2D eigenvalue weighted by Crippen LogP contribution is -2.41. The average molecular weight is 397 g/mol. The molecule has 0 saturated carbocycles. The van der Waals surface area contributed by atoms with E-state index in [-0.39, 0.29) is 4.90 Å². The second kappa shape index (κ2) is 7.25. The third kappa shape index (κ3) is 4.63. The fourth-order valence-electron chi connectivity index (χ4n) is 1.88.